The molecule has 1 atom stereocenters. The Kier molecular flexibility index (Phi) is 4.42. The van der Waals surface area contributed by atoms with Crippen LogP contribution in [-0.4, -0.2) is 5.91 Å². The predicted molar refractivity (Wildman–Crippen MR) is 71.6 cm³/mol. The number of hydrogen-bond donors (Lipinski definition) is 2. The Bertz CT molecular complexity index is 582. The van der Waals surface area contributed by atoms with E-state index in [0.717, 1.165) is 17.7 Å². The van der Waals surface area contributed by atoms with Gasteiger partial charge in [0, 0.05) is 12.1 Å². The molecule has 5 heteroatoms. The summed E-state index contributed by atoms with van der Waals surface area (Å²) < 4.78 is 27.4. The third-order valence-corrected chi connectivity index (χ3v) is 2.93. The quantitative estimate of drug-likeness (QED) is 0.880. The average molecular weight is 276 g/mol. The lowest BCUT2D eigenvalue weighted by atomic mass is 10.0. The van der Waals surface area contributed by atoms with Crippen molar-refractivity contribution in [3.05, 3.63) is 71.3 Å². The highest BCUT2D eigenvalue weighted by atomic mass is 19.1. The molecule has 0 spiro atoms. The van der Waals surface area contributed by atoms with Gasteiger partial charge in [0.25, 0.3) is 0 Å². The molecule has 104 valence electrons. The minimum absolute atomic E-state index is 0.280. The number of hydrogen-bond acceptors (Lipinski definition) is 2. The van der Waals surface area contributed by atoms with E-state index in [-0.39, 0.29) is 12.1 Å². The van der Waals surface area contributed by atoms with Crippen molar-refractivity contribution in [2.75, 3.05) is 0 Å². The summed E-state index contributed by atoms with van der Waals surface area (Å²) in [6.45, 7) is 0.280. The first kappa shape index (κ1) is 14.1. The third kappa shape index (κ3) is 3.19. The van der Waals surface area contributed by atoms with Crippen molar-refractivity contribution in [3.8, 4) is 0 Å². The highest BCUT2D eigenvalue weighted by Crippen LogP contribution is 2.21. The topological polar surface area (TPSA) is 55.1 Å². The van der Waals surface area contributed by atoms with Gasteiger partial charge in [-0.3, -0.25) is 10.1 Å². The van der Waals surface area contributed by atoms with Crippen LogP contribution in [0.4, 0.5) is 8.78 Å². The smallest absolute Gasteiger partial charge is 0.239 e. The van der Waals surface area contributed by atoms with Gasteiger partial charge in [0.15, 0.2) is 0 Å². The van der Waals surface area contributed by atoms with Gasteiger partial charge >= 0.3 is 0 Å². The number of halogens is 2. The summed E-state index contributed by atoms with van der Waals surface area (Å²) in [6.07, 6.45) is 0. The lowest BCUT2D eigenvalue weighted by Gasteiger charge is -2.17. The van der Waals surface area contributed by atoms with Gasteiger partial charge in [0.05, 0.1) is 0 Å². The number of carbonyl (C=O) groups excluding carboxylic acids is 1. The van der Waals surface area contributed by atoms with E-state index in [1.165, 1.54) is 6.07 Å². The number of rotatable bonds is 5. The number of nitrogens with one attached hydrogen (secondary N) is 1. The maximum atomic E-state index is 13.7. The van der Waals surface area contributed by atoms with Crippen LogP contribution in [-0.2, 0) is 11.3 Å². The molecule has 1 unspecified atom stereocenters. The Morgan fingerprint density at radius 3 is 2.20 bits per heavy atom. The first-order valence-electron chi connectivity index (χ1n) is 6.10. The molecule has 2 aromatic rings. The van der Waals surface area contributed by atoms with E-state index in [1.807, 2.05) is 30.3 Å². The normalized spacial score (nSPS) is 12.1. The fourth-order valence-corrected chi connectivity index (χ4v) is 1.95. The molecule has 3 nitrogen and oxygen atoms in total. The van der Waals surface area contributed by atoms with Crippen LogP contribution < -0.4 is 11.1 Å². The van der Waals surface area contributed by atoms with Crippen LogP contribution in [0.25, 0.3) is 0 Å². The van der Waals surface area contributed by atoms with Crippen molar-refractivity contribution in [2.24, 2.45) is 5.73 Å². The second-order valence-electron chi connectivity index (χ2n) is 4.34. The fraction of sp³-hybridized carbons (Fsp3) is 0.133. The van der Waals surface area contributed by atoms with Crippen molar-refractivity contribution in [1.29, 1.82) is 0 Å². The van der Waals surface area contributed by atoms with Crippen molar-refractivity contribution in [3.63, 3.8) is 0 Å². The summed E-state index contributed by atoms with van der Waals surface area (Å²) >= 11 is 0. The van der Waals surface area contributed by atoms with E-state index in [2.05, 4.69) is 5.32 Å². The number of carbonyl (C=O) groups is 1. The molecular formula is C15H14F2N2O. The SMILES string of the molecule is NC(=O)C(NCc1ccccc1)c1c(F)cccc1F. The number of primary amides is 1. The summed E-state index contributed by atoms with van der Waals surface area (Å²) in [5.74, 6) is -2.42. The second kappa shape index (κ2) is 6.25. The molecule has 0 fully saturated rings. The van der Waals surface area contributed by atoms with Crippen molar-refractivity contribution in [1.82, 2.24) is 5.32 Å². The van der Waals surface area contributed by atoms with Crippen LogP contribution in [0.15, 0.2) is 48.5 Å². The zero-order chi connectivity index (χ0) is 14.5. The Morgan fingerprint density at radius 1 is 1.05 bits per heavy atom. The Morgan fingerprint density at radius 2 is 1.65 bits per heavy atom. The van der Waals surface area contributed by atoms with Gasteiger partial charge in [-0.25, -0.2) is 8.78 Å². The molecule has 0 saturated heterocycles. The monoisotopic (exact) mass is 276 g/mol. The Balaban J connectivity index is 2.22. The summed E-state index contributed by atoms with van der Waals surface area (Å²) in [7, 11) is 0. The third-order valence-electron chi connectivity index (χ3n) is 2.93. The maximum Gasteiger partial charge on any atom is 0.239 e. The molecule has 0 radical (unpaired) electrons. The van der Waals surface area contributed by atoms with Gasteiger partial charge in [-0.15, -0.1) is 0 Å². The van der Waals surface area contributed by atoms with E-state index in [1.54, 1.807) is 0 Å². The van der Waals surface area contributed by atoms with Crippen LogP contribution in [0.1, 0.15) is 17.2 Å². The predicted octanol–water partition coefficient (Wildman–Crippen LogP) is 2.28. The molecular weight excluding hydrogens is 262 g/mol. The number of amides is 1. The van der Waals surface area contributed by atoms with Crippen molar-refractivity contribution in [2.45, 2.75) is 12.6 Å². The van der Waals surface area contributed by atoms with Crippen LogP contribution >= 0.6 is 0 Å². The summed E-state index contributed by atoms with van der Waals surface area (Å²) in [5, 5.41) is 2.78. The molecule has 0 heterocycles. The average Bonchev–Trinajstić information content (AvgIpc) is 2.42. The van der Waals surface area contributed by atoms with Gasteiger partial charge in [-0.05, 0) is 17.7 Å². The van der Waals surface area contributed by atoms with E-state index < -0.39 is 23.6 Å². The highest BCUT2D eigenvalue weighted by Gasteiger charge is 2.24. The molecule has 0 bridgehead atoms. The van der Waals surface area contributed by atoms with Crippen LogP contribution in [0, 0.1) is 11.6 Å². The fourth-order valence-electron chi connectivity index (χ4n) is 1.95. The molecule has 0 aliphatic heterocycles. The van der Waals surface area contributed by atoms with Gasteiger partial charge < -0.3 is 5.73 Å². The first-order valence-corrected chi connectivity index (χ1v) is 6.10. The lowest BCUT2D eigenvalue weighted by Crippen LogP contribution is -2.34. The standard InChI is InChI=1S/C15H14F2N2O/c16-11-7-4-8-12(17)13(11)14(15(18)20)19-9-10-5-2-1-3-6-10/h1-8,14,19H,9H2,(H2,18,20). The zero-order valence-electron chi connectivity index (χ0n) is 10.6. The van der Waals surface area contributed by atoms with E-state index >= 15 is 0 Å². The van der Waals surface area contributed by atoms with Crippen LogP contribution in [0.3, 0.4) is 0 Å². The number of nitrogens with two attached hydrogens (primary N) is 1. The van der Waals surface area contributed by atoms with E-state index in [4.69, 9.17) is 5.73 Å². The molecule has 0 saturated carbocycles. The van der Waals surface area contributed by atoms with Gasteiger partial charge in [-0.1, -0.05) is 36.4 Å². The summed E-state index contributed by atoms with van der Waals surface area (Å²) in [4.78, 5) is 11.5. The maximum absolute atomic E-state index is 13.7. The first-order chi connectivity index (χ1) is 9.59. The van der Waals surface area contributed by atoms with Crippen molar-refractivity contribution >= 4 is 5.91 Å². The van der Waals surface area contributed by atoms with Crippen molar-refractivity contribution < 1.29 is 13.6 Å². The molecule has 2 rings (SSSR count). The minimum atomic E-state index is -1.21. The largest absolute Gasteiger partial charge is 0.368 e. The Hall–Kier alpha value is -2.27. The molecule has 1 amide bonds. The molecule has 2 aromatic carbocycles. The zero-order valence-corrected chi connectivity index (χ0v) is 10.6. The van der Waals surface area contributed by atoms with Crippen LogP contribution in [0.2, 0.25) is 0 Å². The summed E-state index contributed by atoms with van der Waals surface area (Å²) in [6, 6.07) is 11.4. The lowest BCUT2D eigenvalue weighted by molar-refractivity contribution is -0.120. The summed E-state index contributed by atoms with van der Waals surface area (Å²) in [5.41, 5.74) is 5.77. The minimum Gasteiger partial charge on any atom is -0.368 e. The molecule has 20 heavy (non-hydrogen) atoms. The highest BCUT2D eigenvalue weighted by molar-refractivity contribution is 5.81. The van der Waals surface area contributed by atoms with Gasteiger partial charge in [0.2, 0.25) is 5.91 Å². The molecule has 0 aromatic heterocycles. The van der Waals surface area contributed by atoms with Crippen LogP contribution in [0.5, 0.6) is 0 Å². The number of benzene rings is 2. The van der Waals surface area contributed by atoms with E-state index in [0.29, 0.717) is 0 Å². The molecule has 0 aliphatic carbocycles. The van der Waals surface area contributed by atoms with Gasteiger partial charge in [0.1, 0.15) is 17.7 Å². The van der Waals surface area contributed by atoms with E-state index in [9.17, 15) is 13.6 Å². The molecule has 3 N–H and O–H groups in total. The molecule has 0 aliphatic rings. The second-order valence-corrected chi connectivity index (χ2v) is 4.34. The van der Waals surface area contributed by atoms with Gasteiger partial charge in [-0.2, -0.15) is 0 Å². The Labute approximate surface area is 115 Å².